The van der Waals surface area contributed by atoms with Crippen molar-refractivity contribution in [3.05, 3.63) is 34.5 Å². The number of amides is 1. The van der Waals surface area contributed by atoms with Crippen LogP contribution >= 0.6 is 11.6 Å². The van der Waals surface area contributed by atoms with Gasteiger partial charge < -0.3 is 20.2 Å². The Balaban J connectivity index is 1.58. The molecule has 0 unspecified atom stereocenters. The molecule has 0 aliphatic heterocycles. The summed E-state index contributed by atoms with van der Waals surface area (Å²) in [6, 6.07) is 4.21. The lowest BCUT2D eigenvalue weighted by atomic mass is 10.0. The van der Waals surface area contributed by atoms with E-state index in [0.29, 0.717) is 48.4 Å². The SMILES string of the molecule is Cc1cc2cc(C(=O)[C@H]3C[C@@H]3N(C=O)CCCC[C@H](N)C(=O)O)cc(Cl)c2o1. The molecule has 3 N–H and O–H groups in total. The van der Waals surface area contributed by atoms with Gasteiger partial charge in [-0.25, -0.2) is 0 Å². The van der Waals surface area contributed by atoms with E-state index < -0.39 is 12.0 Å². The van der Waals surface area contributed by atoms with E-state index >= 15 is 0 Å². The number of aliphatic carboxylic acids is 1. The van der Waals surface area contributed by atoms with Gasteiger partial charge in [-0.15, -0.1) is 0 Å². The van der Waals surface area contributed by atoms with Crippen molar-refractivity contribution in [2.75, 3.05) is 6.54 Å². The van der Waals surface area contributed by atoms with E-state index in [4.69, 9.17) is 26.9 Å². The van der Waals surface area contributed by atoms with Crippen molar-refractivity contribution in [3.63, 3.8) is 0 Å². The van der Waals surface area contributed by atoms with Crippen LogP contribution in [0.1, 0.15) is 41.8 Å². The highest BCUT2D eigenvalue weighted by Crippen LogP contribution is 2.39. The Kier molecular flexibility index (Phi) is 6.05. The topological polar surface area (TPSA) is 114 Å². The molecule has 0 spiro atoms. The number of hydrogen-bond acceptors (Lipinski definition) is 5. The number of fused-ring (bicyclic) bond motifs is 1. The summed E-state index contributed by atoms with van der Waals surface area (Å²) in [4.78, 5) is 36.6. The summed E-state index contributed by atoms with van der Waals surface area (Å²) >= 11 is 6.24. The van der Waals surface area contributed by atoms with Gasteiger partial charge in [-0.2, -0.15) is 0 Å². The number of aryl methyl sites for hydroxylation is 1. The van der Waals surface area contributed by atoms with Crippen molar-refractivity contribution in [1.29, 1.82) is 0 Å². The lowest BCUT2D eigenvalue weighted by Gasteiger charge is -2.17. The molecule has 3 rings (SSSR count). The minimum absolute atomic E-state index is 0.0348. The number of nitrogens with zero attached hydrogens (tertiary/aromatic N) is 1. The molecule has 150 valence electrons. The first-order valence-corrected chi connectivity index (χ1v) is 9.63. The Morgan fingerprint density at radius 2 is 2.14 bits per heavy atom. The predicted octanol–water partition coefficient (Wildman–Crippen LogP) is 3.01. The van der Waals surface area contributed by atoms with E-state index in [0.717, 1.165) is 17.6 Å². The monoisotopic (exact) mass is 406 g/mol. The molecule has 1 aromatic carbocycles. The van der Waals surface area contributed by atoms with Crippen LogP contribution in [0.3, 0.4) is 0 Å². The van der Waals surface area contributed by atoms with Crippen molar-refractivity contribution in [1.82, 2.24) is 4.90 Å². The summed E-state index contributed by atoms with van der Waals surface area (Å²) in [6.07, 6.45) is 2.98. The molecule has 2 aromatic rings. The zero-order chi connectivity index (χ0) is 20.4. The van der Waals surface area contributed by atoms with Crippen LogP contribution in [0, 0.1) is 12.8 Å². The van der Waals surface area contributed by atoms with Gasteiger partial charge in [-0.1, -0.05) is 11.6 Å². The second-order valence-electron chi connectivity index (χ2n) is 7.29. The predicted molar refractivity (Wildman–Crippen MR) is 104 cm³/mol. The Morgan fingerprint density at radius 3 is 2.82 bits per heavy atom. The highest BCUT2D eigenvalue weighted by atomic mass is 35.5. The van der Waals surface area contributed by atoms with E-state index in [9.17, 15) is 14.4 Å². The van der Waals surface area contributed by atoms with Gasteiger partial charge in [0.25, 0.3) is 0 Å². The van der Waals surface area contributed by atoms with Crippen LogP contribution < -0.4 is 5.73 Å². The normalized spacial score (nSPS) is 19.4. The fourth-order valence-corrected chi connectivity index (χ4v) is 3.77. The number of hydrogen-bond donors (Lipinski definition) is 2. The molecular formula is C20H23ClN2O5. The van der Waals surface area contributed by atoms with Gasteiger partial charge in [0.1, 0.15) is 11.8 Å². The number of carboxylic acids is 1. The quantitative estimate of drug-likeness (QED) is 0.356. The van der Waals surface area contributed by atoms with Gasteiger partial charge in [0, 0.05) is 29.5 Å². The first kappa shape index (κ1) is 20.4. The molecule has 3 atom stereocenters. The number of unbranched alkanes of at least 4 members (excludes halogenated alkanes) is 1. The number of rotatable bonds is 10. The first-order chi connectivity index (χ1) is 13.3. The summed E-state index contributed by atoms with van der Waals surface area (Å²) < 4.78 is 5.53. The van der Waals surface area contributed by atoms with Gasteiger partial charge in [0.2, 0.25) is 6.41 Å². The molecular weight excluding hydrogens is 384 g/mol. The number of furan rings is 1. The van der Waals surface area contributed by atoms with Crippen molar-refractivity contribution in [2.24, 2.45) is 11.7 Å². The van der Waals surface area contributed by atoms with E-state index in [2.05, 4.69) is 0 Å². The maximum absolute atomic E-state index is 12.8. The summed E-state index contributed by atoms with van der Waals surface area (Å²) in [7, 11) is 0. The van der Waals surface area contributed by atoms with E-state index in [-0.39, 0.29) is 17.7 Å². The molecule has 1 fully saturated rings. The summed E-state index contributed by atoms with van der Waals surface area (Å²) in [5, 5.41) is 9.96. The van der Waals surface area contributed by atoms with Crippen molar-refractivity contribution < 1.29 is 23.9 Å². The number of nitrogens with two attached hydrogens (primary N) is 1. The number of carboxylic acid groups (broad SMARTS) is 1. The van der Waals surface area contributed by atoms with E-state index in [1.54, 1.807) is 17.0 Å². The van der Waals surface area contributed by atoms with Crippen LogP contribution in [0.15, 0.2) is 22.6 Å². The Morgan fingerprint density at radius 1 is 1.39 bits per heavy atom. The van der Waals surface area contributed by atoms with Crippen LogP contribution in [0.4, 0.5) is 0 Å². The molecule has 0 radical (unpaired) electrons. The Bertz CT molecular complexity index is 909. The summed E-state index contributed by atoms with van der Waals surface area (Å²) in [5.41, 5.74) is 6.56. The van der Waals surface area contributed by atoms with Gasteiger partial charge >= 0.3 is 5.97 Å². The van der Waals surface area contributed by atoms with Gasteiger partial charge in [0.15, 0.2) is 11.4 Å². The zero-order valence-corrected chi connectivity index (χ0v) is 16.3. The number of Topliss-reactive ketones (excluding diaryl/α,β-unsaturated/α-hetero) is 1. The van der Waals surface area contributed by atoms with Gasteiger partial charge in [-0.3, -0.25) is 14.4 Å². The van der Waals surface area contributed by atoms with Crippen LogP contribution in [-0.4, -0.2) is 46.8 Å². The third kappa shape index (κ3) is 4.36. The summed E-state index contributed by atoms with van der Waals surface area (Å²) in [6.45, 7) is 2.30. The van der Waals surface area contributed by atoms with Crippen LogP contribution in [0.25, 0.3) is 11.0 Å². The van der Waals surface area contributed by atoms with Crippen molar-refractivity contribution >= 4 is 40.7 Å². The van der Waals surface area contributed by atoms with Gasteiger partial charge in [0.05, 0.1) is 5.02 Å². The number of ketones is 1. The third-order valence-corrected chi connectivity index (χ3v) is 5.41. The zero-order valence-electron chi connectivity index (χ0n) is 15.6. The fourth-order valence-electron chi connectivity index (χ4n) is 3.50. The minimum atomic E-state index is -1.02. The number of halogens is 1. The molecule has 0 bridgehead atoms. The average molecular weight is 407 g/mol. The maximum Gasteiger partial charge on any atom is 0.320 e. The third-order valence-electron chi connectivity index (χ3n) is 5.13. The van der Waals surface area contributed by atoms with Crippen molar-refractivity contribution in [2.45, 2.75) is 44.7 Å². The fraction of sp³-hybridized carbons (Fsp3) is 0.450. The molecule has 1 aromatic heterocycles. The second-order valence-corrected chi connectivity index (χ2v) is 7.70. The highest BCUT2D eigenvalue weighted by molar-refractivity contribution is 6.35. The Hall–Kier alpha value is -2.38. The molecule has 0 saturated heterocycles. The largest absolute Gasteiger partial charge is 0.480 e. The lowest BCUT2D eigenvalue weighted by molar-refractivity contribution is -0.138. The van der Waals surface area contributed by atoms with E-state index in [1.807, 2.05) is 13.0 Å². The standard InChI is InChI=1S/C20H23ClN2O5/c1-11-6-13-7-12(8-15(21)19(13)28-11)18(25)14-9-17(14)23(10-24)5-3-2-4-16(22)20(26)27/h6-8,10,14,16-17H,2-5,9,22H2,1H3,(H,26,27)/t14-,16-,17-/m0/s1. The van der Waals surface area contributed by atoms with E-state index in [1.165, 1.54) is 0 Å². The second kappa shape index (κ2) is 8.32. The average Bonchev–Trinajstić information content (AvgIpc) is 3.34. The number of benzene rings is 1. The van der Waals surface area contributed by atoms with Crippen LogP contribution in [0.5, 0.6) is 0 Å². The number of carbonyl (C=O) groups is 3. The molecule has 1 aliphatic carbocycles. The molecule has 1 heterocycles. The molecule has 1 amide bonds. The smallest absolute Gasteiger partial charge is 0.320 e. The molecule has 1 aliphatic rings. The lowest BCUT2D eigenvalue weighted by Crippen LogP contribution is -2.31. The van der Waals surface area contributed by atoms with Crippen LogP contribution in [0.2, 0.25) is 5.02 Å². The minimum Gasteiger partial charge on any atom is -0.480 e. The molecule has 7 nitrogen and oxygen atoms in total. The summed E-state index contributed by atoms with van der Waals surface area (Å²) in [5.74, 6) is -0.579. The Labute approximate surface area is 167 Å². The highest BCUT2D eigenvalue weighted by Gasteiger charge is 2.46. The van der Waals surface area contributed by atoms with Crippen molar-refractivity contribution in [3.8, 4) is 0 Å². The van der Waals surface area contributed by atoms with Crippen LogP contribution in [-0.2, 0) is 9.59 Å². The first-order valence-electron chi connectivity index (χ1n) is 9.25. The van der Waals surface area contributed by atoms with Gasteiger partial charge in [-0.05, 0) is 50.8 Å². The molecule has 28 heavy (non-hydrogen) atoms. The maximum atomic E-state index is 12.8. The molecule has 1 saturated carbocycles. The molecule has 8 heteroatoms. The number of carbonyl (C=O) groups excluding carboxylic acids is 2.